The van der Waals surface area contributed by atoms with Crippen molar-refractivity contribution in [2.45, 2.75) is 49.8 Å². The molecule has 0 bridgehead atoms. The number of rotatable bonds is 4. The van der Waals surface area contributed by atoms with Crippen molar-refractivity contribution >= 4 is 0 Å². The maximum Gasteiger partial charge on any atom is 0.160 e. The van der Waals surface area contributed by atoms with Crippen LogP contribution in [0.25, 0.3) is 0 Å². The summed E-state index contributed by atoms with van der Waals surface area (Å²) in [5, 5.41) is 37.0. The molecule has 7 heteroatoms. The van der Waals surface area contributed by atoms with Gasteiger partial charge in [-0.05, 0) is 0 Å². The van der Waals surface area contributed by atoms with Crippen molar-refractivity contribution in [3.05, 3.63) is 0 Å². The van der Waals surface area contributed by atoms with Crippen molar-refractivity contribution in [2.75, 3.05) is 13.2 Å². The molecule has 0 aliphatic carbocycles. The quantitative estimate of drug-likeness (QED) is 0.454. The van der Waals surface area contributed by atoms with Crippen LogP contribution < -0.4 is 0 Å². The summed E-state index contributed by atoms with van der Waals surface area (Å²) in [6.07, 6.45) is -3.85. The molecule has 0 spiro atoms. The van der Waals surface area contributed by atoms with Gasteiger partial charge in [0.05, 0.1) is 25.4 Å². The smallest absolute Gasteiger partial charge is 0.160 e. The minimum atomic E-state index is -0.959. The second-order valence-corrected chi connectivity index (χ2v) is 4.36. The van der Waals surface area contributed by atoms with Gasteiger partial charge >= 0.3 is 0 Å². The molecule has 2 unspecified atom stereocenters. The Hall–Kier alpha value is -0.280. The van der Waals surface area contributed by atoms with Crippen LogP contribution >= 0.6 is 0 Å². The second kappa shape index (κ2) is 5.57. The van der Waals surface area contributed by atoms with Crippen LogP contribution in [0.3, 0.4) is 0 Å². The Balaban J connectivity index is 1.72. The molecule has 7 nitrogen and oxygen atoms in total. The highest BCUT2D eigenvalue weighted by Gasteiger charge is 2.37. The Kier molecular flexibility index (Phi) is 4.31. The molecule has 2 saturated heterocycles. The maximum absolute atomic E-state index is 9.49. The summed E-state index contributed by atoms with van der Waals surface area (Å²) in [5.74, 6) is 0. The molecule has 17 heavy (non-hydrogen) atoms. The van der Waals surface area contributed by atoms with E-state index >= 15 is 0 Å². The van der Waals surface area contributed by atoms with E-state index in [-0.39, 0.29) is 26.1 Å². The number of aliphatic hydroxyl groups is 4. The molecular formula is C10H18O7. The highest BCUT2D eigenvalue weighted by molar-refractivity contribution is 4.80. The van der Waals surface area contributed by atoms with E-state index in [0.717, 1.165) is 0 Å². The van der Waals surface area contributed by atoms with E-state index in [0.29, 0.717) is 0 Å². The van der Waals surface area contributed by atoms with Crippen molar-refractivity contribution < 1.29 is 34.6 Å². The minimum Gasteiger partial charge on any atom is -0.394 e. The van der Waals surface area contributed by atoms with E-state index in [1.165, 1.54) is 0 Å². The maximum atomic E-state index is 9.49. The fourth-order valence-corrected chi connectivity index (χ4v) is 2.02. The van der Waals surface area contributed by atoms with E-state index < -0.39 is 37.0 Å². The van der Waals surface area contributed by atoms with Crippen molar-refractivity contribution in [3.63, 3.8) is 0 Å². The van der Waals surface area contributed by atoms with Gasteiger partial charge in [0.25, 0.3) is 0 Å². The average molecular weight is 250 g/mol. The van der Waals surface area contributed by atoms with Gasteiger partial charge in [0.2, 0.25) is 0 Å². The molecule has 100 valence electrons. The Morgan fingerprint density at radius 1 is 1.00 bits per heavy atom. The summed E-state index contributed by atoms with van der Waals surface area (Å²) in [5.41, 5.74) is 0. The van der Waals surface area contributed by atoms with Crippen molar-refractivity contribution in [2.24, 2.45) is 0 Å². The lowest BCUT2D eigenvalue weighted by Crippen LogP contribution is -2.29. The van der Waals surface area contributed by atoms with Crippen LogP contribution in [0, 0.1) is 0 Å². The molecule has 2 rings (SSSR count). The molecule has 2 aliphatic rings. The monoisotopic (exact) mass is 250 g/mol. The summed E-state index contributed by atoms with van der Waals surface area (Å²) in [4.78, 5) is 0. The van der Waals surface area contributed by atoms with E-state index in [9.17, 15) is 10.2 Å². The minimum absolute atomic E-state index is 0.0771. The first kappa shape index (κ1) is 13.2. The molecule has 0 amide bonds. The Bertz CT molecular complexity index is 249. The Morgan fingerprint density at radius 2 is 1.71 bits per heavy atom. The first-order chi connectivity index (χ1) is 8.10. The highest BCUT2D eigenvalue weighted by Crippen LogP contribution is 2.24. The first-order valence-corrected chi connectivity index (χ1v) is 5.67. The standard InChI is InChI=1S/C10H18O7/c11-3-7-6(13)2-10(17-7)15-4-8-5(12)1-9(14)16-8/h5-14H,1-4H2/t5-,6-,7+,8+,9?,10?/m0/s1. The number of hydrogen-bond donors (Lipinski definition) is 4. The van der Waals surface area contributed by atoms with Gasteiger partial charge in [-0.15, -0.1) is 0 Å². The van der Waals surface area contributed by atoms with E-state index in [1.54, 1.807) is 0 Å². The summed E-state index contributed by atoms with van der Waals surface area (Å²) in [7, 11) is 0. The van der Waals surface area contributed by atoms with Crippen LogP contribution in [-0.2, 0) is 14.2 Å². The second-order valence-electron chi connectivity index (χ2n) is 4.36. The molecule has 2 fully saturated rings. The van der Waals surface area contributed by atoms with E-state index in [4.69, 9.17) is 24.4 Å². The zero-order chi connectivity index (χ0) is 12.4. The Labute approximate surface area is 98.5 Å². The average Bonchev–Trinajstić information content (AvgIpc) is 2.79. The molecule has 2 aliphatic heterocycles. The van der Waals surface area contributed by atoms with Crippen molar-refractivity contribution in [1.82, 2.24) is 0 Å². The number of ether oxygens (including phenoxy) is 3. The van der Waals surface area contributed by atoms with Crippen LogP contribution in [0.15, 0.2) is 0 Å². The van der Waals surface area contributed by atoms with Crippen molar-refractivity contribution in [3.8, 4) is 0 Å². The molecule has 6 atom stereocenters. The molecule has 4 N–H and O–H groups in total. The molecule has 2 heterocycles. The van der Waals surface area contributed by atoms with Gasteiger partial charge in [-0.25, -0.2) is 0 Å². The molecular weight excluding hydrogens is 232 g/mol. The third-order valence-corrected chi connectivity index (χ3v) is 3.02. The van der Waals surface area contributed by atoms with Crippen LogP contribution in [0.1, 0.15) is 12.8 Å². The summed E-state index contributed by atoms with van der Waals surface area (Å²) in [6, 6.07) is 0. The van der Waals surface area contributed by atoms with Crippen molar-refractivity contribution in [1.29, 1.82) is 0 Å². The fourth-order valence-electron chi connectivity index (χ4n) is 2.02. The van der Waals surface area contributed by atoms with Crippen LogP contribution in [0.4, 0.5) is 0 Å². The lowest BCUT2D eigenvalue weighted by Gasteiger charge is -2.17. The van der Waals surface area contributed by atoms with Gasteiger partial charge in [0, 0.05) is 12.8 Å². The van der Waals surface area contributed by atoms with Gasteiger partial charge in [-0.2, -0.15) is 0 Å². The number of aliphatic hydroxyl groups excluding tert-OH is 4. The molecule has 0 saturated carbocycles. The van der Waals surface area contributed by atoms with Gasteiger partial charge in [0.1, 0.15) is 12.2 Å². The summed E-state index contributed by atoms with van der Waals surface area (Å²) in [6.45, 7) is -0.184. The lowest BCUT2D eigenvalue weighted by molar-refractivity contribution is -0.177. The predicted octanol–water partition coefficient (Wildman–Crippen LogP) is -2.06. The van der Waals surface area contributed by atoms with E-state index in [2.05, 4.69) is 0 Å². The summed E-state index contributed by atoms with van der Waals surface area (Å²) < 4.78 is 15.6. The first-order valence-electron chi connectivity index (χ1n) is 5.67. The normalized spacial score (nSPS) is 46.6. The van der Waals surface area contributed by atoms with Gasteiger partial charge < -0.3 is 34.6 Å². The topological polar surface area (TPSA) is 109 Å². The highest BCUT2D eigenvalue weighted by atomic mass is 16.7. The molecule has 0 aromatic heterocycles. The molecule has 0 radical (unpaired) electrons. The van der Waals surface area contributed by atoms with E-state index in [1.807, 2.05) is 0 Å². The van der Waals surface area contributed by atoms with Crippen LogP contribution in [-0.4, -0.2) is 70.6 Å². The molecule has 0 aromatic carbocycles. The SMILES string of the molecule is OC[C@H]1OC(OC[C@H]2OC(O)C[C@@H]2O)C[C@@H]1O. The summed E-state index contributed by atoms with van der Waals surface area (Å²) >= 11 is 0. The number of hydrogen-bond acceptors (Lipinski definition) is 7. The Morgan fingerprint density at radius 3 is 2.24 bits per heavy atom. The third kappa shape index (κ3) is 3.14. The van der Waals surface area contributed by atoms with Gasteiger partial charge in [0.15, 0.2) is 12.6 Å². The predicted molar refractivity (Wildman–Crippen MR) is 53.8 cm³/mol. The lowest BCUT2D eigenvalue weighted by atomic mass is 10.2. The largest absolute Gasteiger partial charge is 0.394 e. The van der Waals surface area contributed by atoms with Crippen LogP contribution in [0.2, 0.25) is 0 Å². The van der Waals surface area contributed by atoms with Gasteiger partial charge in [-0.3, -0.25) is 0 Å². The van der Waals surface area contributed by atoms with Crippen LogP contribution in [0.5, 0.6) is 0 Å². The third-order valence-electron chi connectivity index (χ3n) is 3.02. The molecule has 0 aromatic rings. The van der Waals surface area contributed by atoms with Gasteiger partial charge in [-0.1, -0.05) is 0 Å². The zero-order valence-corrected chi connectivity index (χ0v) is 9.31. The zero-order valence-electron chi connectivity index (χ0n) is 9.31. The fraction of sp³-hybridized carbons (Fsp3) is 1.00.